The molecule has 1 aromatic heterocycles. The number of nitrogens with two attached hydrogens (primary N) is 1. The first kappa shape index (κ1) is 13.8. The third kappa shape index (κ3) is 2.31. The van der Waals surface area contributed by atoms with Gasteiger partial charge < -0.3 is 5.73 Å². The van der Waals surface area contributed by atoms with Crippen LogP contribution < -0.4 is 5.73 Å². The molecule has 0 saturated heterocycles. The van der Waals surface area contributed by atoms with Gasteiger partial charge in [0, 0.05) is 17.7 Å². The van der Waals surface area contributed by atoms with Crippen molar-refractivity contribution in [2.75, 3.05) is 5.73 Å². The summed E-state index contributed by atoms with van der Waals surface area (Å²) in [5.41, 5.74) is 9.63. The molecule has 0 unspecified atom stereocenters. The zero-order valence-electron chi connectivity index (χ0n) is 11.9. The minimum Gasteiger partial charge on any atom is -0.383 e. The Labute approximate surface area is 127 Å². The van der Waals surface area contributed by atoms with Crippen LogP contribution in [-0.2, 0) is 0 Å². The van der Waals surface area contributed by atoms with Gasteiger partial charge in [0.2, 0.25) is 0 Å². The average molecular weight is 294 g/mol. The van der Waals surface area contributed by atoms with Gasteiger partial charge in [-0.05, 0) is 24.6 Å². The number of anilines is 1. The quantitative estimate of drug-likeness (QED) is 0.593. The molecule has 0 saturated carbocycles. The maximum atomic E-state index is 10.7. The van der Waals surface area contributed by atoms with Crippen molar-refractivity contribution >= 4 is 11.5 Å². The van der Waals surface area contributed by atoms with Crippen LogP contribution in [0.25, 0.3) is 16.8 Å². The summed E-state index contributed by atoms with van der Waals surface area (Å²) in [4.78, 5) is 10.3. The second kappa shape index (κ2) is 5.33. The van der Waals surface area contributed by atoms with Crippen LogP contribution in [0.1, 0.15) is 5.69 Å². The largest absolute Gasteiger partial charge is 0.383 e. The fraction of sp³-hybridized carbons (Fsp3) is 0.0625. The number of aryl methyl sites for hydroxylation is 1. The van der Waals surface area contributed by atoms with Crippen molar-refractivity contribution in [3.8, 4) is 16.8 Å². The molecule has 0 amide bonds. The predicted molar refractivity (Wildman–Crippen MR) is 84.8 cm³/mol. The fourth-order valence-corrected chi connectivity index (χ4v) is 2.42. The van der Waals surface area contributed by atoms with Gasteiger partial charge in [0.25, 0.3) is 5.69 Å². The molecule has 6 nitrogen and oxygen atoms in total. The van der Waals surface area contributed by atoms with Crippen molar-refractivity contribution in [1.82, 2.24) is 9.78 Å². The molecule has 0 aliphatic carbocycles. The molecular formula is C16H14N4O2. The minimum atomic E-state index is -0.434. The second-order valence-corrected chi connectivity index (χ2v) is 4.90. The first-order valence-electron chi connectivity index (χ1n) is 6.73. The molecule has 22 heavy (non-hydrogen) atoms. The molecule has 3 aromatic rings. The Morgan fingerprint density at radius 3 is 2.32 bits per heavy atom. The molecular weight excluding hydrogens is 280 g/mol. The Kier molecular flexibility index (Phi) is 3.34. The van der Waals surface area contributed by atoms with E-state index in [0.717, 1.165) is 16.8 Å². The summed E-state index contributed by atoms with van der Waals surface area (Å²) in [7, 11) is 0. The van der Waals surface area contributed by atoms with Gasteiger partial charge >= 0.3 is 0 Å². The molecule has 2 N–H and O–H groups in total. The lowest BCUT2D eigenvalue weighted by Crippen LogP contribution is -2.02. The van der Waals surface area contributed by atoms with E-state index in [0.29, 0.717) is 11.5 Å². The molecule has 0 spiro atoms. The highest BCUT2D eigenvalue weighted by Crippen LogP contribution is 2.31. The van der Waals surface area contributed by atoms with Gasteiger partial charge in [-0.1, -0.05) is 30.3 Å². The van der Waals surface area contributed by atoms with E-state index in [4.69, 9.17) is 5.73 Å². The number of nitro benzene ring substituents is 1. The number of hydrogen-bond acceptors (Lipinski definition) is 4. The lowest BCUT2D eigenvalue weighted by molar-refractivity contribution is -0.384. The van der Waals surface area contributed by atoms with Crippen molar-refractivity contribution in [1.29, 1.82) is 0 Å². The van der Waals surface area contributed by atoms with E-state index >= 15 is 0 Å². The number of nitro groups is 1. The predicted octanol–water partition coefficient (Wildman–Crippen LogP) is 3.34. The van der Waals surface area contributed by atoms with Crippen molar-refractivity contribution in [3.63, 3.8) is 0 Å². The number of rotatable bonds is 3. The summed E-state index contributed by atoms with van der Waals surface area (Å²) in [6.45, 7) is 1.89. The Morgan fingerprint density at radius 2 is 1.73 bits per heavy atom. The van der Waals surface area contributed by atoms with Crippen LogP contribution in [0.2, 0.25) is 0 Å². The van der Waals surface area contributed by atoms with Crippen LogP contribution in [0.15, 0.2) is 54.6 Å². The molecule has 0 bridgehead atoms. The van der Waals surface area contributed by atoms with Crippen molar-refractivity contribution in [3.05, 3.63) is 70.4 Å². The number of non-ortho nitro benzene ring substituents is 1. The molecule has 2 aromatic carbocycles. The second-order valence-electron chi connectivity index (χ2n) is 4.90. The van der Waals surface area contributed by atoms with E-state index < -0.39 is 4.92 Å². The lowest BCUT2D eigenvalue weighted by Gasteiger charge is -2.05. The van der Waals surface area contributed by atoms with Gasteiger partial charge in [-0.25, -0.2) is 4.68 Å². The summed E-state index contributed by atoms with van der Waals surface area (Å²) in [5, 5.41) is 15.2. The SMILES string of the molecule is Cc1nn(-c2ccc([N+](=O)[O-])cc2)c(N)c1-c1ccccc1. The van der Waals surface area contributed by atoms with E-state index in [2.05, 4.69) is 5.10 Å². The molecule has 0 aliphatic heterocycles. The highest BCUT2D eigenvalue weighted by atomic mass is 16.6. The first-order valence-corrected chi connectivity index (χ1v) is 6.73. The van der Waals surface area contributed by atoms with Crippen LogP contribution in [0.3, 0.4) is 0 Å². The fourth-order valence-electron chi connectivity index (χ4n) is 2.42. The maximum Gasteiger partial charge on any atom is 0.269 e. The molecule has 1 heterocycles. The Bertz CT molecular complexity index is 823. The van der Waals surface area contributed by atoms with Gasteiger partial charge in [0.05, 0.1) is 16.3 Å². The Hall–Kier alpha value is -3.15. The summed E-state index contributed by atoms with van der Waals surface area (Å²) in [6.07, 6.45) is 0. The van der Waals surface area contributed by atoms with Crippen LogP contribution in [0.5, 0.6) is 0 Å². The van der Waals surface area contributed by atoms with Crippen LogP contribution in [-0.4, -0.2) is 14.7 Å². The van der Waals surface area contributed by atoms with Crippen molar-refractivity contribution < 1.29 is 4.92 Å². The third-order valence-corrected chi connectivity index (χ3v) is 3.46. The Morgan fingerprint density at radius 1 is 1.09 bits per heavy atom. The lowest BCUT2D eigenvalue weighted by atomic mass is 10.1. The highest BCUT2D eigenvalue weighted by molar-refractivity contribution is 5.77. The molecule has 0 radical (unpaired) electrons. The average Bonchev–Trinajstić information content (AvgIpc) is 2.83. The normalized spacial score (nSPS) is 10.6. The van der Waals surface area contributed by atoms with Crippen molar-refractivity contribution in [2.24, 2.45) is 0 Å². The molecule has 110 valence electrons. The number of benzene rings is 2. The molecule has 6 heteroatoms. The minimum absolute atomic E-state index is 0.0366. The number of nitrogens with zero attached hydrogens (tertiary/aromatic N) is 3. The van der Waals surface area contributed by atoms with Crippen LogP contribution in [0, 0.1) is 17.0 Å². The number of hydrogen-bond donors (Lipinski definition) is 1. The highest BCUT2D eigenvalue weighted by Gasteiger charge is 2.15. The van der Waals surface area contributed by atoms with Gasteiger partial charge in [0.1, 0.15) is 5.82 Å². The molecule has 0 atom stereocenters. The van der Waals surface area contributed by atoms with E-state index in [1.807, 2.05) is 37.3 Å². The van der Waals surface area contributed by atoms with E-state index in [1.54, 1.807) is 16.8 Å². The van der Waals surface area contributed by atoms with E-state index in [9.17, 15) is 10.1 Å². The number of nitrogen functional groups attached to an aromatic ring is 1. The van der Waals surface area contributed by atoms with E-state index in [1.165, 1.54) is 12.1 Å². The van der Waals surface area contributed by atoms with Crippen molar-refractivity contribution in [2.45, 2.75) is 6.92 Å². The molecule has 3 rings (SSSR count). The van der Waals surface area contributed by atoms with Crippen LogP contribution in [0.4, 0.5) is 11.5 Å². The third-order valence-electron chi connectivity index (χ3n) is 3.46. The summed E-state index contributed by atoms with van der Waals surface area (Å²) in [6, 6.07) is 15.9. The van der Waals surface area contributed by atoms with Gasteiger partial charge in [-0.3, -0.25) is 10.1 Å². The van der Waals surface area contributed by atoms with Gasteiger partial charge in [-0.15, -0.1) is 0 Å². The summed E-state index contributed by atoms with van der Waals surface area (Å²) >= 11 is 0. The Balaban J connectivity index is 2.08. The monoisotopic (exact) mass is 294 g/mol. The number of aromatic nitrogens is 2. The smallest absolute Gasteiger partial charge is 0.269 e. The van der Waals surface area contributed by atoms with Crippen LogP contribution >= 0.6 is 0 Å². The zero-order chi connectivity index (χ0) is 15.7. The van der Waals surface area contributed by atoms with E-state index in [-0.39, 0.29) is 5.69 Å². The first-order chi connectivity index (χ1) is 10.6. The maximum absolute atomic E-state index is 10.7. The molecule has 0 fully saturated rings. The standard InChI is InChI=1S/C16H14N4O2/c1-11-15(12-5-3-2-4-6-12)16(17)19(18-11)13-7-9-14(10-8-13)20(21)22/h2-10H,17H2,1H3. The van der Waals surface area contributed by atoms with Gasteiger partial charge in [-0.2, -0.15) is 5.10 Å². The van der Waals surface area contributed by atoms with Gasteiger partial charge in [0.15, 0.2) is 0 Å². The summed E-state index contributed by atoms with van der Waals surface area (Å²) in [5.74, 6) is 0.512. The topological polar surface area (TPSA) is 87.0 Å². The zero-order valence-corrected chi connectivity index (χ0v) is 11.9. The molecule has 0 aliphatic rings. The summed E-state index contributed by atoms with van der Waals surface area (Å²) < 4.78 is 1.60.